The molecular formula is C10H12N4O2. The fourth-order valence-corrected chi connectivity index (χ4v) is 1.09. The van der Waals surface area contributed by atoms with E-state index in [0.717, 1.165) is 5.57 Å². The zero-order valence-corrected chi connectivity index (χ0v) is 8.87. The average Bonchev–Trinajstić information content (AvgIpc) is 2.67. The van der Waals surface area contributed by atoms with E-state index in [-0.39, 0.29) is 5.82 Å². The largest absolute Gasteiger partial charge is 0.475 e. The Morgan fingerprint density at radius 2 is 2.38 bits per heavy atom. The summed E-state index contributed by atoms with van der Waals surface area (Å²) in [5.74, 6) is -1.50. The summed E-state index contributed by atoms with van der Waals surface area (Å²) in [5.41, 5.74) is 0.909. The van der Waals surface area contributed by atoms with Crippen molar-refractivity contribution >= 4 is 5.97 Å². The summed E-state index contributed by atoms with van der Waals surface area (Å²) >= 11 is 0. The summed E-state index contributed by atoms with van der Waals surface area (Å²) < 4.78 is 0. The van der Waals surface area contributed by atoms with Crippen molar-refractivity contribution in [1.82, 2.24) is 20.2 Å². The van der Waals surface area contributed by atoms with Gasteiger partial charge in [-0.1, -0.05) is 30.9 Å². The standard InChI is InChI=1S/C10H12N4O2/c1-3-5-8(6-4-2)7-14-12-9(10(15)16)11-13-14/h3-6H,1,7H2,2H3,(H,15,16)/b6-4-,8-5+. The van der Waals surface area contributed by atoms with Gasteiger partial charge >= 0.3 is 5.97 Å². The van der Waals surface area contributed by atoms with E-state index in [1.54, 1.807) is 12.2 Å². The molecule has 0 spiro atoms. The molecule has 0 aliphatic rings. The molecule has 0 fully saturated rings. The number of nitrogens with zero attached hydrogens (tertiary/aromatic N) is 4. The molecule has 0 unspecified atom stereocenters. The number of carbonyl (C=O) groups is 1. The molecule has 84 valence electrons. The quantitative estimate of drug-likeness (QED) is 0.750. The molecule has 0 atom stereocenters. The number of carboxylic acids is 1. The SMILES string of the molecule is C=C/C=C(\C=C/C)Cn1nnc(C(=O)O)n1. The van der Waals surface area contributed by atoms with Crippen LogP contribution in [0.3, 0.4) is 0 Å². The van der Waals surface area contributed by atoms with E-state index in [1.165, 1.54) is 4.80 Å². The van der Waals surface area contributed by atoms with Gasteiger partial charge in [0.1, 0.15) is 0 Å². The topological polar surface area (TPSA) is 80.9 Å². The molecule has 0 bridgehead atoms. The second kappa shape index (κ2) is 5.59. The van der Waals surface area contributed by atoms with Gasteiger partial charge in [-0.2, -0.15) is 4.80 Å². The van der Waals surface area contributed by atoms with Gasteiger partial charge in [0.2, 0.25) is 0 Å². The lowest BCUT2D eigenvalue weighted by molar-refractivity contribution is 0.0683. The van der Waals surface area contributed by atoms with E-state index in [9.17, 15) is 4.79 Å². The molecule has 6 nitrogen and oxygen atoms in total. The maximum absolute atomic E-state index is 10.5. The third-order valence-electron chi connectivity index (χ3n) is 1.68. The number of allylic oxidation sites excluding steroid dienone is 5. The molecule has 0 saturated heterocycles. The van der Waals surface area contributed by atoms with E-state index < -0.39 is 5.97 Å². The van der Waals surface area contributed by atoms with E-state index in [2.05, 4.69) is 22.0 Å². The van der Waals surface area contributed by atoms with Crippen LogP contribution in [-0.2, 0) is 6.54 Å². The Hall–Kier alpha value is -2.24. The lowest BCUT2D eigenvalue weighted by Crippen LogP contribution is -2.06. The fourth-order valence-electron chi connectivity index (χ4n) is 1.09. The van der Waals surface area contributed by atoms with Gasteiger partial charge < -0.3 is 5.11 Å². The molecule has 1 heterocycles. The van der Waals surface area contributed by atoms with Crippen molar-refractivity contribution in [1.29, 1.82) is 0 Å². The molecule has 1 aromatic heterocycles. The first-order valence-electron chi connectivity index (χ1n) is 4.62. The van der Waals surface area contributed by atoms with E-state index >= 15 is 0 Å². The van der Waals surface area contributed by atoms with Crippen LogP contribution in [-0.4, -0.2) is 31.3 Å². The molecule has 0 amide bonds. The highest BCUT2D eigenvalue weighted by Gasteiger charge is 2.10. The minimum absolute atomic E-state index is 0.307. The van der Waals surface area contributed by atoms with Gasteiger partial charge in [-0.25, -0.2) is 4.79 Å². The predicted molar refractivity (Wildman–Crippen MR) is 57.9 cm³/mol. The highest BCUT2D eigenvalue weighted by molar-refractivity contribution is 5.82. The van der Waals surface area contributed by atoms with Crippen LogP contribution in [0.5, 0.6) is 0 Å². The number of carboxylic acid groups (broad SMARTS) is 1. The van der Waals surface area contributed by atoms with Gasteiger partial charge in [-0.05, 0) is 17.7 Å². The Bertz CT molecular complexity index is 445. The summed E-state index contributed by atoms with van der Waals surface area (Å²) in [6.45, 7) is 5.83. The first kappa shape index (κ1) is 11.8. The van der Waals surface area contributed by atoms with Gasteiger partial charge in [-0.3, -0.25) is 0 Å². The number of rotatable bonds is 5. The first-order valence-corrected chi connectivity index (χ1v) is 4.62. The van der Waals surface area contributed by atoms with Crippen molar-refractivity contribution in [3.05, 3.63) is 42.3 Å². The van der Waals surface area contributed by atoms with Crippen LogP contribution < -0.4 is 0 Å². The minimum Gasteiger partial charge on any atom is -0.475 e. The van der Waals surface area contributed by atoms with Crippen LogP contribution in [0.25, 0.3) is 0 Å². The lowest BCUT2D eigenvalue weighted by atomic mass is 10.2. The van der Waals surface area contributed by atoms with E-state index in [4.69, 9.17) is 5.11 Å². The Balaban J connectivity index is 2.81. The number of tetrazole rings is 1. The molecule has 1 N–H and O–H groups in total. The Morgan fingerprint density at radius 1 is 1.62 bits per heavy atom. The van der Waals surface area contributed by atoms with Crippen LogP contribution in [0.15, 0.2) is 36.5 Å². The molecular weight excluding hydrogens is 208 g/mol. The lowest BCUT2D eigenvalue weighted by Gasteiger charge is -1.98. The molecule has 16 heavy (non-hydrogen) atoms. The molecule has 6 heteroatoms. The zero-order valence-electron chi connectivity index (χ0n) is 8.87. The van der Waals surface area contributed by atoms with Crippen LogP contribution >= 0.6 is 0 Å². The highest BCUT2D eigenvalue weighted by Crippen LogP contribution is 2.00. The van der Waals surface area contributed by atoms with Gasteiger partial charge in [0, 0.05) is 0 Å². The van der Waals surface area contributed by atoms with Crippen molar-refractivity contribution in [3.63, 3.8) is 0 Å². The average molecular weight is 220 g/mol. The van der Waals surface area contributed by atoms with Crippen molar-refractivity contribution in [2.24, 2.45) is 0 Å². The van der Waals surface area contributed by atoms with Crippen molar-refractivity contribution in [3.8, 4) is 0 Å². The Labute approximate surface area is 92.6 Å². The van der Waals surface area contributed by atoms with Crippen LogP contribution in [0, 0.1) is 0 Å². The second-order valence-corrected chi connectivity index (χ2v) is 2.93. The molecule has 0 aromatic carbocycles. The predicted octanol–water partition coefficient (Wildman–Crippen LogP) is 1.06. The number of hydrogen-bond donors (Lipinski definition) is 1. The number of aromatic carboxylic acids is 1. The molecule has 1 aromatic rings. The Kier molecular flexibility index (Phi) is 4.14. The third-order valence-corrected chi connectivity index (χ3v) is 1.68. The summed E-state index contributed by atoms with van der Waals surface area (Å²) in [7, 11) is 0. The fraction of sp³-hybridized carbons (Fsp3) is 0.200. The van der Waals surface area contributed by atoms with Gasteiger partial charge in [0.25, 0.3) is 5.82 Å². The van der Waals surface area contributed by atoms with E-state index in [1.807, 2.05) is 19.1 Å². The third kappa shape index (κ3) is 3.16. The molecule has 0 aliphatic heterocycles. The molecule has 0 radical (unpaired) electrons. The smallest absolute Gasteiger partial charge is 0.377 e. The van der Waals surface area contributed by atoms with Gasteiger partial charge in [0.05, 0.1) is 6.54 Å². The van der Waals surface area contributed by atoms with Gasteiger partial charge in [-0.15, -0.1) is 10.2 Å². The normalized spacial score (nSPS) is 11.9. The summed E-state index contributed by atoms with van der Waals surface area (Å²) in [5, 5.41) is 19.3. The minimum atomic E-state index is -1.19. The monoisotopic (exact) mass is 220 g/mol. The molecule has 0 aliphatic carbocycles. The summed E-state index contributed by atoms with van der Waals surface area (Å²) in [4.78, 5) is 11.7. The van der Waals surface area contributed by atoms with Gasteiger partial charge in [0.15, 0.2) is 0 Å². The number of hydrogen-bond acceptors (Lipinski definition) is 4. The van der Waals surface area contributed by atoms with Crippen molar-refractivity contribution in [2.45, 2.75) is 13.5 Å². The maximum atomic E-state index is 10.5. The van der Waals surface area contributed by atoms with Crippen LogP contribution in [0.2, 0.25) is 0 Å². The van der Waals surface area contributed by atoms with Crippen LogP contribution in [0.1, 0.15) is 17.5 Å². The van der Waals surface area contributed by atoms with Crippen molar-refractivity contribution < 1.29 is 9.90 Å². The van der Waals surface area contributed by atoms with E-state index in [0.29, 0.717) is 6.54 Å². The summed E-state index contributed by atoms with van der Waals surface area (Å²) in [6, 6.07) is 0. The molecule has 1 rings (SSSR count). The highest BCUT2D eigenvalue weighted by atomic mass is 16.4. The molecule has 0 saturated carbocycles. The van der Waals surface area contributed by atoms with Crippen molar-refractivity contribution in [2.75, 3.05) is 0 Å². The number of aromatic nitrogens is 4. The first-order chi connectivity index (χ1) is 7.67. The van der Waals surface area contributed by atoms with Crippen LogP contribution in [0.4, 0.5) is 0 Å². The summed E-state index contributed by atoms with van der Waals surface area (Å²) in [6.07, 6.45) is 7.17. The Morgan fingerprint density at radius 3 is 2.88 bits per heavy atom. The zero-order chi connectivity index (χ0) is 12.0. The second-order valence-electron chi connectivity index (χ2n) is 2.93. The maximum Gasteiger partial charge on any atom is 0.377 e.